The Hall–Kier alpha value is -2.47. The van der Waals surface area contributed by atoms with Crippen LogP contribution in [0.25, 0.3) is 0 Å². The molecule has 0 radical (unpaired) electrons. The number of aromatic nitrogens is 2. The van der Waals surface area contributed by atoms with Crippen LogP contribution in [0.5, 0.6) is 0 Å². The van der Waals surface area contributed by atoms with E-state index in [9.17, 15) is 4.79 Å². The summed E-state index contributed by atoms with van der Waals surface area (Å²) >= 11 is 0. The van der Waals surface area contributed by atoms with Gasteiger partial charge < -0.3 is 15.5 Å². The summed E-state index contributed by atoms with van der Waals surface area (Å²) in [5, 5.41) is 0. The van der Waals surface area contributed by atoms with Crippen molar-refractivity contribution in [3.63, 3.8) is 0 Å². The number of nitrogens with two attached hydrogens (primary N) is 1. The number of anilines is 2. The molecule has 6 nitrogen and oxygen atoms in total. The molecule has 3 heterocycles. The van der Waals surface area contributed by atoms with Crippen LogP contribution >= 0.6 is 0 Å². The number of nitrogens with zero attached hydrogens (tertiary/aromatic N) is 4. The van der Waals surface area contributed by atoms with Crippen molar-refractivity contribution in [1.82, 2.24) is 14.9 Å². The summed E-state index contributed by atoms with van der Waals surface area (Å²) in [7, 11) is 4.24. The highest BCUT2D eigenvalue weighted by Gasteiger charge is 2.22. The van der Waals surface area contributed by atoms with Crippen LogP contribution in [0.2, 0.25) is 0 Å². The fraction of sp³-hybridized carbons (Fsp3) is 0.389. The summed E-state index contributed by atoms with van der Waals surface area (Å²) in [6, 6.07) is 9.56. The van der Waals surface area contributed by atoms with Crippen molar-refractivity contribution in [1.29, 1.82) is 0 Å². The standard InChI is InChI=1S/C18H23N5O.2H2/c1-22(2)13-8-11-23(12-9-13)16-7-3-6-15(21-16)17(24)14-5-4-10-20-18(14)19;;/h3-7,10,13H,8-9,11-12H2,1-2H3,(H2,19,20);2*1H. The zero-order chi connectivity index (χ0) is 17.1. The molecule has 24 heavy (non-hydrogen) atoms. The number of nitrogen functional groups attached to an aromatic ring is 1. The van der Waals surface area contributed by atoms with Crippen molar-refractivity contribution in [3.05, 3.63) is 47.8 Å². The maximum absolute atomic E-state index is 12.6. The summed E-state index contributed by atoms with van der Waals surface area (Å²) in [4.78, 5) is 25.7. The van der Waals surface area contributed by atoms with E-state index in [0.29, 0.717) is 17.3 Å². The quantitative estimate of drug-likeness (QED) is 0.868. The maximum atomic E-state index is 12.6. The van der Waals surface area contributed by atoms with Crippen LogP contribution in [-0.2, 0) is 0 Å². The Labute approximate surface area is 145 Å². The molecule has 0 amide bonds. The summed E-state index contributed by atoms with van der Waals surface area (Å²) in [6.07, 6.45) is 3.77. The van der Waals surface area contributed by atoms with E-state index >= 15 is 0 Å². The number of piperidine rings is 1. The number of carbonyl (C=O) groups is 1. The second-order valence-electron chi connectivity index (χ2n) is 6.33. The molecule has 0 bridgehead atoms. The van der Waals surface area contributed by atoms with E-state index in [2.05, 4.69) is 33.9 Å². The van der Waals surface area contributed by atoms with Gasteiger partial charge in [-0.1, -0.05) is 6.07 Å². The first-order chi connectivity index (χ1) is 11.6. The Morgan fingerprint density at radius 1 is 1.25 bits per heavy atom. The Morgan fingerprint density at radius 2 is 2.00 bits per heavy atom. The van der Waals surface area contributed by atoms with Crippen molar-refractivity contribution in [2.24, 2.45) is 0 Å². The van der Waals surface area contributed by atoms with E-state index in [4.69, 9.17) is 5.73 Å². The van der Waals surface area contributed by atoms with Crippen LogP contribution < -0.4 is 10.6 Å². The molecule has 0 atom stereocenters. The van der Waals surface area contributed by atoms with Gasteiger partial charge in [-0.15, -0.1) is 0 Å². The minimum atomic E-state index is -0.189. The van der Waals surface area contributed by atoms with E-state index in [0.717, 1.165) is 31.7 Å². The van der Waals surface area contributed by atoms with Gasteiger partial charge in [-0.3, -0.25) is 4.79 Å². The van der Waals surface area contributed by atoms with Gasteiger partial charge in [-0.05, 0) is 51.2 Å². The zero-order valence-electron chi connectivity index (χ0n) is 14.1. The molecule has 1 fully saturated rings. The molecule has 1 aliphatic rings. The number of hydrogen-bond donors (Lipinski definition) is 1. The first kappa shape index (κ1) is 16.4. The lowest BCUT2D eigenvalue weighted by Crippen LogP contribution is -2.42. The van der Waals surface area contributed by atoms with Gasteiger partial charge in [0.2, 0.25) is 5.78 Å². The molecular weight excluding hydrogens is 302 g/mol. The van der Waals surface area contributed by atoms with Gasteiger partial charge >= 0.3 is 0 Å². The Kier molecular flexibility index (Phi) is 4.76. The van der Waals surface area contributed by atoms with E-state index in [1.165, 1.54) is 0 Å². The first-order valence-corrected chi connectivity index (χ1v) is 8.20. The average Bonchev–Trinajstić information content (AvgIpc) is 2.62. The van der Waals surface area contributed by atoms with Crippen molar-refractivity contribution in [3.8, 4) is 0 Å². The molecular formula is C18H27N5O. The lowest BCUT2D eigenvalue weighted by Gasteiger charge is -2.35. The first-order valence-electron chi connectivity index (χ1n) is 8.20. The second-order valence-corrected chi connectivity index (χ2v) is 6.33. The highest BCUT2D eigenvalue weighted by molar-refractivity contribution is 6.10. The number of rotatable bonds is 4. The fourth-order valence-electron chi connectivity index (χ4n) is 3.08. The van der Waals surface area contributed by atoms with Gasteiger partial charge in [0.25, 0.3) is 0 Å². The van der Waals surface area contributed by atoms with Crippen LogP contribution in [0.1, 0.15) is 31.7 Å². The van der Waals surface area contributed by atoms with Gasteiger partial charge in [0, 0.05) is 28.2 Å². The third-order valence-electron chi connectivity index (χ3n) is 4.57. The smallest absolute Gasteiger partial charge is 0.215 e. The topological polar surface area (TPSA) is 75.3 Å². The molecule has 2 aromatic heterocycles. The number of pyridine rings is 2. The molecule has 0 unspecified atom stereocenters. The van der Waals surface area contributed by atoms with Gasteiger partial charge in [0.1, 0.15) is 17.3 Å². The van der Waals surface area contributed by atoms with Crippen molar-refractivity contribution in [2.45, 2.75) is 18.9 Å². The molecule has 6 heteroatoms. The Bertz CT molecular complexity index is 733. The van der Waals surface area contributed by atoms with Crippen LogP contribution in [-0.4, -0.2) is 53.9 Å². The molecule has 0 aliphatic carbocycles. The minimum absolute atomic E-state index is 0. The van der Waals surface area contributed by atoms with Crippen LogP contribution in [0.15, 0.2) is 36.5 Å². The summed E-state index contributed by atoms with van der Waals surface area (Å²) in [5.74, 6) is 0.896. The van der Waals surface area contributed by atoms with Gasteiger partial charge in [-0.2, -0.15) is 0 Å². The molecule has 0 aromatic carbocycles. The maximum Gasteiger partial charge on any atom is 0.215 e. The molecule has 0 saturated carbocycles. The molecule has 2 N–H and O–H groups in total. The molecule has 3 rings (SSSR count). The zero-order valence-corrected chi connectivity index (χ0v) is 14.1. The van der Waals surface area contributed by atoms with Crippen LogP contribution in [0, 0.1) is 0 Å². The average molecular weight is 329 g/mol. The predicted molar refractivity (Wildman–Crippen MR) is 99.5 cm³/mol. The highest BCUT2D eigenvalue weighted by Crippen LogP contribution is 2.21. The third kappa shape index (κ3) is 3.38. The Balaban J connectivity index is 0.00000169. The van der Waals surface area contributed by atoms with E-state index in [1.54, 1.807) is 24.4 Å². The normalized spacial score (nSPS) is 15.7. The predicted octanol–water partition coefficient (Wildman–Crippen LogP) is 2.31. The van der Waals surface area contributed by atoms with Crippen molar-refractivity contribution >= 4 is 17.4 Å². The fourth-order valence-corrected chi connectivity index (χ4v) is 3.08. The molecule has 1 saturated heterocycles. The second kappa shape index (κ2) is 6.97. The van der Waals surface area contributed by atoms with Gasteiger partial charge in [0.05, 0.1) is 5.56 Å². The van der Waals surface area contributed by atoms with Crippen LogP contribution in [0.4, 0.5) is 11.6 Å². The summed E-state index contributed by atoms with van der Waals surface area (Å²) < 4.78 is 0. The largest absolute Gasteiger partial charge is 0.383 e. The van der Waals surface area contributed by atoms with Gasteiger partial charge in [-0.25, -0.2) is 9.97 Å². The van der Waals surface area contributed by atoms with E-state index < -0.39 is 0 Å². The van der Waals surface area contributed by atoms with Gasteiger partial charge in [0.15, 0.2) is 0 Å². The molecule has 2 aromatic rings. The number of hydrogen-bond acceptors (Lipinski definition) is 6. The van der Waals surface area contributed by atoms with E-state index in [-0.39, 0.29) is 14.5 Å². The summed E-state index contributed by atoms with van der Waals surface area (Å²) in [5.41, 5.74) is 6.61. The van der Waals surface area contributed by atoms with Crippen molar-refractivity contribution < 1.29 is 7.65 Å². The SMILES string of the molecule is CN(C)C1CCN(c2cccc(C(=O)c3cccnc3N)n2)CC1.[HH].[HH]. The van der Waals surface area contributed by atoms with Crippen molar-refractivity contribution in [2.75, 3.05) is 37.8 Å². The molecule has 130 valence electrons. The minimum Gasteiger partial charge on any atom is -0.383 e. The summed E-state index contributed by atoms with van der Waals surface area (Å²) in [6.45, 7) is 1.89. The number of carbonyl (C=O) groups excluding carboxylic acids is 1. The van der Waals surface area contributed by atoms with E-state index in [1.807, 2.05) is 12.1 Å². The molecule has 0 spiro atoms. The number of ketones is 1. The monoisotopic (exact) mass is 329 g/mol. The highest BCUT2D eigenvalue weighted by atomic mass is 16.1. The molecule has 1 aliphatic heterocycles. The lowest BCUT2D eigenvalue weighted by atomic mass is 10.0. The Morgan fingerprint density at radius 3 is 2.67 bits per heavy atom. The third-order valence-corrected chi connectivity index (χ3v) is 4.57. The van der Waals surface area contributed by atoms with Crippen LogP contribution in [0.3, 0.4) is 0 Å². The lowest BCUT2D eigenvalue weighted by molar-refractivity contribution is 0.103.